The van der Waals surface area contributed by atoms with Gasteiger partial charge in [-0.15, -0.1) is 10.2 Å². The predicted octanol–water partition coefficient (Wildman–Crippen LogP) is 1.53. The van der Waals surface area contributed by atoms with E-state index in [1.54, 1.807) is 0 Å². The number of rotatable bonds is 4. The molecule has 0 aromatic carbocycles. The highest BCUT2D eigenvalue weighted by Gasteiger charge is 2.22. The number of hydrogen-bond donors (Lipinski definition) is 0. The van der Waals surface area contributed by atoms with E-state index >= 15 is 0 Å². The maximum Gasteiger partial charge on any atom is 0.222 e. The summed E-state index contributed by atoms with van der Waals surface area (Å²) in [6.07, 6.45) is 4.07. The van der Waals surface area contributed by atoms with Gasteiger partial charge in [0.1, 0.15) is 0 Å². The molecule has 0 unspecified atom stereocenters. The van der Waals surface area contributed by atoms with Crippen molar-refractivity contribution >= 4 is 17.5 Å². The number of nitrogens with zero attached hydrogens (tertiary/aromatic N) is 5. The summed E-state index contributed by atoms with van der Waals surface area (Å²) in [5.74, 6) is 2.18. The molecule has 0 radical (unpaired) electrons. The fourth-order valence-corrected chi connectivity index (χ4v) is 3.16. The van der Waals surface area contributed by atoms with Gasteiger partial charge in [0.2, 0.25) is 5.91 Å². The molecule has 0 bridgehead atoms. The van der Waals surface area contributed by atoms with E-state index in [-0.39, 0.29) is 5.91 Å². The van der Waals surface area contributed by atoms with Crippen LogP contribution < -0.4 is 9.80 Å². The second kappa shape index (κ2) is 6.94. The number of amides is 1. The Kier molecular flexibility index (Phi) is 4.75. The minimum atomic E-state index is 0.276. The topological polar surface area (TPSA) is 52.6 Å². The minimum Gasteiger partial charge on any atom is -0.355 e. The highest BCUT2D eigenvalue weighted by molar-refractivity contribution is 5.76. The van der Waals surface area contributed by atoms with Gasteiger partial charge in [-0.2, -0.15) is 0 Å². The molecule has 2 fully saturated rings. The normalized spacial score (nSPS) is 18.9. The van der Waals surface area contributed by atoms with Crippen LogP contribution in [0.25, 0.3) is 0 Å². The molecule has 2 saturated heterocycles. The quantitative estimate of drug-likeness (QED) is 0.844. The summed E-state index contributed by atoms with van der Waals surface area (Å²) in [6.45, 7) is 7.48. The summed E-state index contributed by atoms with van der Waals surface area (Å²) in [5.41, 5.74) is 0. The van der Waals surface area contributed by atoms with E-state index < -0.39 is 0 Å². The third-order valence-electron chi connectivity index (χ3n) is 4.49. The van der Waals surface area contributed by atoms with Gasteiger partial charge in [-0.1, -0.05) is 6.92 Å². The summed E-state index contributed by atoms with van der Waals surface area (Å²) in [4.78, 5) is 18.4. The maximum absolute atomic E-state index is 11.9. The van der Waals surface area contributed by atoms with Gasteiger partial charge in [-0.25, -0.2) is 0 Å². The molecule has 6 heteroatoms. The lowest BCUT2D eigenvalue weighted by Crippen LogP contribution is -2.49. The van der Waals surface area contributed by atoms with Gasteiger partial charge < -0.3 is 14.7 Å². The summed E-state index contributed by atoms with van der Waals surface area (Å²) in [6, 6.07) is 4.13. The smallest absolute Gasteiger partial charge is 0.222 e. The summed E-state index contributed by atoms with van der Waals surface area (Å²) < 4.78 is 0. The van der Waals surface area contributed by atoms with E-state index in [2.05, 4.69) is 32.1 Å². The molecule has 2 aliphatic heterocycles. The van der Waals surface area contributed by atoms with Gasteiger partial charge in [-0.3, -0.25) is 4.79 Å². The number of piperazine rings is 1. The number of carbonyl (C=O) groups is 1. The second-order valence-electron chi connectivity index (χ2n) is 6.06. The SMILES string of the molecule is CCCC(=O)N1CCN(c2ccc(N3CCCC3)nn2)CC1. The molecule has 1 amide bonds. The first-order valence-corrected chi connectivity index (χ1v) is 8.39. The molecule has 0 N–H and O–H groups in total. The van der Waals surface area contributed by atoms with Crippen LogP contribution in [0.15, 0.2) is 12.1 Å². The Hall–Kier alpha value is -1.85. The van der Waals surface area contributed by atoms with E-state index in [0.29, 0.717) is 6.42 Å². The zero-order valence-corrected chi connectivity index (χ0v) is 13.4. The van der Waals surface area contributed by atoms with Crippen molar-refractivity contribution in [2.75, 3.05) is 49.1 Å². The first kappa shape index (κ1) is 15.1. The first-order chi connectivity index (χ1) is 10.8. The van der Waals surface area contributed by atoms with Crippen LogP contribution in [0.4, 0.5) is 11.6 Å². The van der Waals surface area contributed by atoms with Crippen molar-refractivity contribution in [2.24, 2.45) is 0 Å². The highest BCUT2D eigenvalue weighted by atomic mass is 16.2. The van der Waals surface area contributed by atoms with Crippen molar-refractivity contribution in [2.45, 2.75) is 32.6 Å². The molecule has 6 nitrogen and oxygen atoms in total. The van der Waals surface area contributed by atoms with Gasteiger partial charge in [-0.05, 0) is 31.4 Å². The van der Waals surface area contributed by atoms with E-state index in [4.69, 9.17) is 0 Å². The van der Waals surface area contributed by atoms with Crippen LogP contribution in [0, 0.1) is 0 Å². The molecule has 0 saturated carbocycles. The standard InChI is InChI=1S/C16H25N5O/c1-2-5-16(22)21-12-10-20(11-13-21)15-7-6-14(17-18-15)19-8-3-4-9-19/h6-7H,2-5,8-13H2,1H3. The predicted molar refractivity (Wildman–Crippen MR) is 87.2 cm³/mol. The summed E-state index contributed by atoms with van der Waals surface area (Å²) in [5, 5.41) is 8.76. The minimum absolute atomic E-state index is 0.276. The zero-order chi connectivity index (χ0) is 15.4. The van der Waals surface area contributed by atoms with E-state index in [1.165, 1.54) is 12.8 Å². The van der Waals surface area contributed by atoms with E-state index in [0.717, 1.165) is 57.3 Å². The number of hydrogen-bond acceptors (Lipinski definition) is 5. The Balaban J connectivity index is 1.55. The average Bonchev–Trinajstić information content (AvgIpc) is 3.10. The van der Waals surface area contributed by atoms with Crippen LogP contribution in [0.1, 0.15) is 32.6 Å². The van der Waals surface area contributed by atoms with Crippen LogP contribution in [-0.2, 0) is 4.79 Å². The summed E-state index contributed by atoms with van der Waals surface area (Å²) in [7, 11) is 0. The van der Waals surface area contributed by atoms with Gasteiger partial charge in [0.05, 0.1) is 0 Å². The Bertz CT molecular complexity index is 490. The van der Waals surface area contributed by atoms with Crippen LogP contribution in [-0.4, -0.2) is 60.3 Å². The maximum atomic E-state index is 11.9. The molecule has 2 aliphatic rings. The molecular weight excluding hydrogens is 278 g/mol. The Labute approximate surface area is 132 Å². The molecular formula is C16H25N5O. The van der Waals surface area contributed by atoms with Crippen LogP contribution in [0.5, 0.6) is 0 Å². The third-order valence-corrected chi connectivity index (χ3v) is 4.49. The lowest BCUT2D eigenvalue weighted by molar-refractivity contribution is -0.131. The van der Waals surface area contributed by atoms with E-state index in [9.17, 15) is 4.79 Å². The lowest BCUT2D eigenvalue weighted by atomic mass is 10.2. The van der Waals surface area contributed by atoms with Gasteiger partial charge in [0, 0.05) is 45.7 Å². The molecule has 120 valence electrons. The summed E-state index contributed by atoms with van der Waals surface area (Å²) >= 11 is 0. The van der Waals surface area contributed by atoms with E-state index in [1.807, 2.05) is 11.8 Å². The van der Waals surface area contributed by atoms with Crippen molar-refractivity contribution < 1.29 is 4.79 Å². The molecule has 3 rings (SSSR count). The number of carbonyl (C=O) groups excluding carboxylic acids is 1. The monoisotopic (exact) mass is 303 g/mol. The third kappa shape index (κ3) is 3.31. The zero-order valence-electron chi connectivity index (χ0n) is 13.4. The fraction of sp³-hybridized carbons (Fsp3) is 0.688. The molecule has 1 aromatic rings. The van der Waals surface area contributed by atoms with Crippen molar-refractivity contribution in [3.63, 3.8) is 0 Å². The lowest BCUT2D eigenvalue weighted by Gasteiger charge is -2.35. The molecule has 1 aromatic heterocycles. The molecule has 0 spiro atoms. The molecule has 0 atom stereocenters. The van der Waals surface area contributed by atoms with Crippen molar-refractivity contribution in [3.8, 4) is 0 Å². The number of aromatic nitrogens is 2. The second-order valence-corrected chi connectivity index (χ2v) is 6.06. The molecule has 0 aliphatic carbocycles. The van der Waals surface area contributed by atoms with Crippen molar-refractivity contribution in [1.29, 1.82) is 0 Å². The van der Waals surface area contributed by atoms with Gasteiger partial charge in [0.15, 0.2) is 11.6 Å². The van der Waals surface area contributed by atoms with Crippen molar-refractivity contribution in [1.82, 2.24) is 15.1 Å². The van der Waals surface area contributed by atoms with Crippen LogP contribution in [0.3, 0.4) is 0 Å². The Morgan fingerprint density at radius 1 is 0.955 bits per heavy atom. The van der Waals surface area contributed by atoms with Gasteiger partial charge >= 0.3 is 0 Å². The van der Waals surface area contributed by atoms with Gasteiger partial charge in [0.25, 0.3) is 0 Å². The Morgan fingerprint density at radius 2 is 1.50 bits per heavy atom. The van der Waals surface area contributed by atoms with Crippen molar-refractivity contribution in [3.05, 3.63) is 12.1 Å². The largest absolute Gasteiger partial charge is 0.355 e. The molecule has 3 heterocycles. The fourth-order valence-electron chi connectivity index (χ4n) is 3.16. The van der Waals surface area contributed by atoms with Crippen LogP contribution >= 0.6 is 0 Å². The van der Waals surface area contributed by atoms with Crippen LogP contribution in [0.2, 0.25) is 0 Å². The highest BCUT2D eigenvalue weighted by Crippen LogP contribution is 2.20. The average molecular weight is 303 g/mol. The molecule has 22 heavy (non-hydrogen) atoms. The number of anilines is 2. The Morgan fingerprint density at radius 3 is 2.00 bits per heavy atom. The first-order valence-electron chi connectivity index (χ1n) is 8.39.